The van der Waals surface area contributed by atoms with Crippen LogP contribution in [0.4, 0.5) is 0 Å². The lowest BCUT2D eigenvalue weighted by Crippen LogP contribution is -2.59. The SMILES string of the molecule is CC(C)C1CN(CC2(C)CCC2)C(C)CN1. The van der Waals surface area contributed by atoms with Gasteiger partial charge in [-0.3, -0.25) is 4.90 Å². The molecule has 1 saturated heterocycles. The van der Waals surface area contributed by atoms with Crippen LogP contribution in [0.25, 0.3) is 0 Å². The zero-order chi connectivity index (χ0) is 11.8. The summed E-state index contributed by atoms with van der Waals surface area (Å²) >= 11 is 0. The van der Waals surface area contributed by atoms with Crippen molar-refractivity contribution < 1.29 is 0 Å². The Hall–Kier alpha value is -0.0800. The van der Waals surface area contributed by atoms with Crippen LogP contribution in [0.15, 0.2) is 0 Å². The van der Waals surface area contributed by atoms with Crippen molar-refractivity contribution in [3.63, 3.8) is 0 Å². The van der Waals surface area contributed by atoms with E-state index in [1.165, 1.54) is 38.9 Å². The molecule has 16 heavy (non-hydrogen) atoms. The molecule has 2 atom stereocenters. The van der Waals surface area contributed by atoms with Crippen LogP contribution in [0.2, 0.25) is 0 Å². The van der Waals surface area contributed by atoms with Crippen molar-refractivity contribution in [1.82, 2.24) is 10.2 Å². The summed E-state index contributed by atoms with van der Waals surface area (Å²) in [5, 5.41) is 3.68. The predicted molar refractivity (Wildman–Crippen MR) is 69.6 cm³/mol. The molecule has 1 heterocycles. The molecule has 2 fully saturated rings. The Balaban J connectivity index is 1.90. The molecule has 0 spiro atoms. The van der Waals surface area contributed by atoms with Gasteiger partial charge < -0.3 is 5.32 Å². The number of nitrogens with zero attached hydrogens (tertiary/aromatic N) is 1. The maximum atomic E-state index is 3.68. The molecule has 0 aromatic heterocycles. The Labute approximate surface area is 101 Å². The van der Waals surface area contributed by atoms with E-state index in [1.54, 1.807) is 0 Å². The fourth-order valence-corrected chi connectivity index (χ4v) is 3.04. The number of nitrogens with one attached hydrogen (secondary N) is 1. The third-order valence-corrected chi connectivity index (χ3v) is 4.68. The molecular weight excluding hydrogens is 196 g/mol. The molecule has 2 heteroatoms. The third kappa shape index (κ3) is 2.60. The average molecular weight is 224 g/mol. The minimum atomic E-state index is 0.632. The van der Waals surface area contributed by atoms with Crippen LogP contribution in [-0.4, -0.2) is 36.6 Å². The lowest BCUT2D eigenvalue weighted by molar-refractivity contribution is 0.0352. The first-order valence-electron chi connectivity index (χ1n) is 6.98. The first-order chi connectivity index (χ1) is 7.50. The maximum Gasteiger partial charge on any atom is 0.0218 e. The lowest BCUT2D eigenvalue weighted by atomic mass is 9.70. The highest BCUT2D eigenvalue weighted by molar-refractivity contribution is 4.92. The molecule has 1 saturated carbocycles. The van der Waals surface area contributed by atoms with Crippen molar-refractivity contribution in [3.05, 3.63) is 0 Å². The van der Waals surface area contributed by atoms with E-state index < -0.39 is 0 Å². The highest BCUT2D eigenvalue weighted by Gasteiger charge is 2.36. The van der Waals surface area contributed by atoms with E-state index in [9.17, 15) is 0 Å². The van der Waals surface area contributed by atoms with Crippen molar-refractivity contribution in [2.45, 2.75) is 59.0 Å². The van der Waals surface area contributed by atoms with Gasteiger partial charge in [0.2, 0.25) is 0 Å². The van der Waals surface area contributed by atoms with Crippen molar-refractivity contribution in [1.29, 1.82) is 0 Å². The molecule has 0 bridgehead atoms. The highest BCUT2D eigenvalue weighted by atomic mass is 15.2. The third-order valence-electron chi connectivity index (χ3n) is 4.68. The van der Waals surface area contributed by atoms with Crippen molar-refractivity contribution in [3.8, 4) is 0 Å². The van der Waals surface area contributed by atoms with Crippen LogP contribution in [0, 0.1) is 11.3 Å². The fraction of sp³-hybridized carbons (Fsp3) is 1.00. The van der Waals surface area contributed by atoms with Crippen LogP contribution in [0.3, 0.4) is 0 Å². The molecule has 2 aliphatic rings. The molecule has 1 aliphatic carbocycles. The molecule has 0 aromatic carbocycles. The highest BCUT2D eigenvalue weighted by Crippen LogP contribution is 2.41. The molecular formula is C14H28N2. The smallest absolute Gasteiger partial charge is 0.0218 e. The molecule has 0 radical (unpaired) electrons. The Kier molecular flexibility index (Phi) is 3.60. The molecule has 2 nitrogen and oxygen atoms in total. The second kappa shape index (κ2) is 4.66. The van der Waals surface area contributed by atoms with Gasteiger partial charge in [0, 0.05) is 31.7 Å². The summed E-state index contributed by atoms with van der Waals surface area (Å²) in [7, 11) is 0. The summed E-state index contributed by atoms with van der Waals surface area (Å²) < 4.78 is 0. The normalized spacial score (nSPS) is 35.1. The topological polar surface area (TPSA) is 15.3 Å². The molecule has 1 N–H and O–H groups in total. The summed E-state index contributed by atoms with van der Waals surface area (Å²) in [6.07, 6.45) is 4.33. The van der Waals surface area contributed by atoms with Crippen LogP contribution < -0.4 is 5.32 Å². The van der Waals surface area contributed by atoms with Gasteiger partial charge in [-0.05, 0) is 31.1 Å². The molecule has 2 unspecified atom stereocenters. The summed E-state index contributed by atoms with van der Waals surface area (Å²) in [6, 6.07) is 1.41. The van der Waals surface area contributed by atoms with Gasteiger partial charge in [0.15, 0.2) is 0 Å². The van der Waals surface area contributed by atoms with E-state index in [2.05, 4.69) is 37.9 Å². The van der Waals surface area contributed by atoms with E-state index in [1.807, 2.05) is 0 Å². The van der Waals surface area contributed by atoms with Gasteiger partial charge in [0.05, 0.1) is 0 Å². The zero-order valence-corrected chi connectivity index (χ0v) is 11.4. The molecule has 0 aromatic rings. The van der Waals surface area contributed by atoms with Crippen molar-refractivity contribution in [2.24, 2.45) is 11.3 Å². The van der Waals surface area contributed by atoms with Crippen LogP contribution in [0.1, 0.15) is 47.0 Å². The molecule has 1 aliphatic heterocycles. The van der Waals surface area contributed by atoms with E-state index in [-0.39, 0.29) is 0 Å². The zero-order valence-electron chi connectivity index (χ0n) is 11.4. The van der Waals surface area contributed by atoms with Gasteiger partial charge in [0.25, 0.3) is 0 Å². The van der Waals surface area contributed by atoms with E-state index in [0.29, 0.717) is 17.5 Å². The standard InChI is InChI=1S/C14H28N2/c1-11(2)13-9-16(12(3)8-15-13)10-14(4)6-5-7-14/h11-13,15H,5-10H2,1-4H3. The Morgan fingerprint density at radius 3 is 2.56 bits per heavy atom. The first-order valence-corrected chi connectivity index (χ1v) is 6.98. The van der Waals surface area contributed by atoms with Crippen molar-refractivity contribution >= 4 is 0 Å². The molecule has 94 valence electrons. The predicted octanol–water partition coefficient (Wildman–Crippen LogP) is 2.49. The van der Waals surface area contributed by atoms with Crippen LogP contribution >= 0.6 is 0 Å². The first kappa shape index (κ1) is 12.4. The number of hydrogen-bond donors (Lipinski definition) is 1. The van der Waals surface area contributed by atoms with E-state index in [4.69, 9.17) is 0 Å². The summed E-state index contributed by atoms with van der Waals surface area (Å²) in [6.45, 7) is 13.2. The minimum Gasteiger partial charge on any atom is -0.311 e. The molecule has 0 amide bonds. The van der Waals surface area contributed by atoms with Gasteiger partial charge in [0.1, 0.15) is 0 Å². The van der Waals surface area contributed by atoms with Gasteiger partial charge >= 0.3 is 0 Å². The van der Waals surface area contributed by atoms with Crippen LogP contribution in [0.5, 0.6) is 0 Å². The van der Waals surface area contributed by atoms with Crippen molar-refractivity contribution in [2.75, 3.05) is 19.6 Å². The van der Waals surface area contributed by atoms with Crippen LogP contribution in [-0.2, 0) is 0 Å². The second-order valence-electron chi connectivity index (χ2n) is 6.70. The summed E-state index contributed by atoms with van der Waals surface area (Å²) in [4.78, 5) is 2.72. The average Bonchev–Trinajstić information content (AvgIpc) is 2.18. The Morgan fingerprint density at radius 1 is 1.38 bits per heavy atom. The van der Waals surface area contributed by atoms with Gasteiger partial charge in [-0.1, -0.05) is 27.2 Å². The number of hydrogen-bond acceptors (Lipinski definition) is 2. The monoisotopic (exact) mass is 224 g/mol. The summed E-state index contributed by atoms with van der Waals surface area (Å²) in [5.74, 6) is 0.754. The lowest BCUT2D eigenvalue weighted by Gasteiger charge is -2.48. The molecule has 2 rings (SSSR count). The summed E-state index contributed by atoms with van der Waals surface area (Å²) in [5.41, 5.74) is 0.632. The maximum absolute atomic E-state index is 3.68. The quantitative estimate of drug-likeness (QED) is 0.792. The largest absolute Gasteiger partial charge is 0.311 e. The van der Waals surface area contributed by atoms with Gasteiger partial charge in [-0.25, -0.2) is 0 Å². The Morgan fingerprint density at radius 2 is 2.06 bits per heavy atom. The van der Waals surface area contributed by atoms with E-state index >= 15 is 0 Å². The number of rotatable bonds is 3. The fourth-order valence-electron chi connectivity index (χ4n) is 3.04. The second-order valence-corrected chi connectivity index (χ2v) is 6.70. The van der Waals surface area contributed by atoms with E-state index in [0.717, 1.165) is 5.92 Å². The Bertz CT molecular complexity index is 233. The van der Waals surface area contributed by atoms with Gasteiger partial charge in [-0.15, -0.1) is 0 Å². The van der Waals surface area contributed by atoms with Gasteiger partial charge in [-0.2, -0.15) is 0 Å². The number of piperazine rings is 1. The minimum absolute atomic E-state index is 0.632.